The molecule has 1 amide bonds. The van der Waals surface area contributed by atoms with Crippen LogP contribution in [0.1, 0.15) is 29.9 Å². The molecule has 11 heteroatoms. The van der Waals surface area contributed by atoms with E-state index in [-0.39, 0.29) is 11.5 Å². The summed E-state index contributed by atoms with van der Waals surface area (Å²) in [6.45, 7) is 2.57. The number of carboxylic acids is 1. The minimum atomic E-state index is -4.51. The van der Waals surface area contributed by atoms with Gasteiger partial charge in [0.2, 0.25) is 0 Å². The van der Waals surface area contributed by atoms with Crippen LogP contribution in [0.25, 0.3) is 5.82 Å². The standard InChI is InChI=1S/C13H12F3N5O3/c1-12(2,11(23)24)18-10(22)8-6-21(20-19-8)9-4-3-7(5-17-9)13(14,15)16/h3-6H,1-2H3,(H,18,22)(H,23,24). The van der Waals surface area contributed by atoms with Crippen molar-refractivity contribution in [1.29, 1.82) is 0 Å². The van der Waals surface area contributed by atoms with Crippen LogP contribution in [0.5, 0.6) is 0 Å². The van der Waals surface area contributed by atoms with Gasteiger partial charge >= 0.3 is 12.1 Å². The molecule has 0 saturated heterocycles. The van der Waals surface area contributed by atoms with Gasteiger partial charge in [0.1, 0.15) is 5.54 Å². The first-order chi connectivity index (χ1) is 11.0. The van der Waals surface area contributed by atoms with Crippen LogP contribution in [-0.2, 0) is 11.0 Å². The molecule has 128 valence electrons. The van der Waals surface area contributed by atoms with Gasteiger partial charge in [-0.15, -0.1) is 5.10 Å². The van der Waals surface area contributed by atoms with Crippen LogP contribution in [0.3, 0.4) is 0 Å². The topological polar surface area (TPSA) is 110 Å². The van der Waals surface area contributed by atoms with Crippen molar-refractivity contribution >= 4 is 11.9 Å². The summed E-state index contributed by atoms with van der Waals surface area (Å²) in [4.78, 5) is 26.5. The molecule has 0 spiro atoms. The van der Waals surface area contributed by atoms with Crippen LogP contribution in [-0.4, -0.2) is 42.5 Å². The van der Waals surface area contributed by atoms with Gasteiger partial charge in [-0.25, -0.2) is 14.5 Å². The Kier molecular flexibility index (Phi) is 4.28. The van der Waals surface area contributed by atoms with Crippen LogP contribution < -0.4 is 5.32 Å². The minimum Gasteiger partial charge on any atom is -0.480 e. The molecule has 2 aromatic rings. The van der Waals surface area contributed by atoms with Gasteiger partial charge in [-0.1, -0.05) is 5.21 Å². The number of pyridine rings is 1. The van der Waals surface area contributed by atoms with E-state index in [1.54, 1.807) is 0 Å². The highest BCUT2D eigenvalue weighted by Crippen LogP contribution is 2.28. The van der Waals surface area contributed by atoms with E-state index in [0.29, 0.717) is 6.20 Å². The first-order valence-corrected chi connectivity index (χ1v) is 6.52. The maximum atomic E-state index is 12.5. The fourth-order valence-electron chi connectivity index (χ4n) is 1.57. The van der Waals surface area contributed by atoms with Crippen molar-refractivity contribution in [2.45, 2.75) is 25.6 Å². The van der Waals surface area contributed by atoms with Crippen molar-refractivity contribution in [2.24, 2.45) is 0 Å². The summed E-state index contributed by atoms with van der Waals surface area (Å²) < 4.78 is 38.4. The number of nitrogens with one attached hydrogen (secondary N) is 1. The van der Waals surface area contributed by atoms with E-state index in [1.807, 2.05) is 0 Å². The van der Waals surface area contributed by atoms with Gasteiger partial charge in [-0.2, -0.15) is 13.2 Å². The number of aromatic nitrogens is 4. The Balaban J connectivity index is 2.19. The summed E-state index contributed by atoms with van der Waals surface area (Å²) in [7, 11) is 0. The maximum Gasteiger partial charge on any atom is 0.417 e. The molecule has 0 fully saturated rings. The molecule has 8 nitrogen and oxygen atoms in total. The van der Waals surface area contributed by atoms with E-state index in [9.17, 15) is 22.8 Å². The average Bonchev–Trinajstić information content (AvgIpc) is 2.95. The first kappa shape index (κ1) is 17.4. The number of carbonyl (C=O) groups is 2. The van der Waals surface area contributed by atoms with Crippen molar-refractivity contribution in [2.75, 3.05) is 0 Å². The molecule has 0 unspecified atom stereocenters. The van der Waals surface area contributed by atoms with Gasteiger partial charge in [-0.05, 0) is 26.0 Å². The summed E-state index contributed by atoms with van der Waals surface area (Å²) in [5.74, 6) is -2.01. The third-order valence-corrected chi connectivity index (χ3v) is 3.00. The lowest BCUT2D eigenvalue weighted by Gasteiger charge is -2.19. The third-order valence-electron chi connectivity index (χ3n) is 3.00. The van der Waals surface area contributed by atoms with Crippen LogP contribution in [0.15, 0.2) is 24.5 Å². The molecule has 0 aliphatic carbocycles. The predicted molar refractivity (Wildman–Crippen MR) is 73.3 cm³/mol. The zero-order chi connectivity index (χ0) is 18.1. The molecule has 0 atom stereocenters. The second kappa shape index (κ2) is 5.91. The molecule has 0 aliphatic rings. The second-order valence-electron chi connectivity index (χ2n) is 5.34. The Morgan fingerprint density at radius 2 is 1.92 bits per heavy atom. The number of amides is 1. The lowest BCUT2D eigenvalue weighted by molar-refractivity contribution is -0.143. The lowest BCUT2D eigenvalue weighted by atomic mass is 10.1. The molecule has 2 rings (SSSR count). The number of rotatable bonds is 4. The van der Waals surface area contributed by atoms with Crippen LogP contribution in [0, 0.1) is 0 Å². The lowest BCUT2D eigenvalue weighted by Crippen LogP contribution is -2.49. The molecular weight excluding hydrogens is 331 g/mol. The third kappa shape index (κ3) is 3.67. The number of aliphatic carboxylic acids is 1. The van der Waals surface area contributed by atoms with Gasteiger partial charge in [0.25, 0.3) is 5.91 Å². The molecule has 0 bridgehead atoms. The van der Waals surface area contributed by atoms with E-state index in [1.165, 1.54) is 13.8 Å². The SMILES string of the molecule is CC(C)(NC(=O)c1cn(-c2ccc(C(F)(F)F)cn2)nn1)C(=O)O. The molecule has 2 heterocycles. The highest BCUT2D eigenvalue weighted by molar-refractivity contribution is 5.95. The quantitative estimate of drug-likeness (QED) is 0.865. The molecule has 0 aromatic carbocycles. The van der Waals surface area contributed by atoms with Crippen LogP contribution in [0.4, 0.5) is 13.2 Å². The molecule has 2 aromatic heterocycles. The molecule has 0 radical (unpaired) electrons. The van der Waals surface area contributed by atoms with Crippen molar-refractivity contribution in [3.63, 3.8) is 0 Å². The van der Waals surface area contributed by atoms with Crippen molar-refractivity contribution in [3.8, 4) is 5.82 Å². The Labute approximate surface area is 133 Å². The van der Waals surface area contributed by atoms with Gasteiger partial charge in [-0.3, -0.25) is 4.79 Å². The molecule has 0 saturated carbocycles. The fourth-order valence-corrected chi connectivity index (χ4v) is 1.57. The summed E-state index contributed by atoms with van der Waals surface area (Å²) in [5.41, 5.74) is -2.65. The van der Waals surface area contributed by atoms with Crippen molar-refractivity contribution in [1.82, 2.24) is 25.3 Å². The highest BCUT2D eigenvalue weighted by atomic mass is 19.4. The fraction of sp³-hybridized carbons (Fsp3) is 0.308. The summed E-state index contributed by atoms with van der Waals surface area (Å²) in [5, 5.41) is 18.3. The molecule has 2 N–H and O–H groups in total. The zero-order valence-electron chi connectivity index (χ0n) is 12.5. The van der Waals surface area contributed by atoms with Gasteiger partial charge in [0, 0.05) is 6.20 Å². The molecule has 24 heavy (non-hydrogen) atoms. The van der Waals surface area contributed by atoms with Gasteiger partial charge in [0.15, 0.2) is 11.5 Å². The number of halogens is 3. The maximum absolute atomic E-state index is 12.5. The number of hydrogen-bond acceptors (Lipinski definition) is 5. The Morgan fingerprint density at radius 1 is 1.25 bits per heavy atom. The second-order valence-corrected chi connectivity index (χ2v) is 5.34. The first-order valence-electron chi connectivity index (χ1n) is 6.52. The van der Waals surface area contributed by atoms with Gasteiger partial charge < -0.3 is 10.4 Å². The monoisotopic (exact) mass is 343 g/mol. The number of hydrogen-bond donors (Lipinski definition) is 2. The number of carbonyl (C=O) groups excluding carboxylic acids is 1. The number of carboxylic acid groups (broad SMARTS) is 1. The van der Waals surface area contributed by atoms with E-state index in [2.05, 4.69) is 20.6 Å². The van der Waals surface area contributed by atoms with E-state index < -0.39 is 29.2 Å². The summed E-state index contributed by atoms with van der Waals surface area (Å²) >= 11 is 0. The highest BCUT2D eigenvalue weighted by Gasteiger charge is 2.31. The average molecular weight is 343 g/mol. The minimum absolute atomic E-state index is 0.0204. The van der Waals surface area contributed by atoms with Crippen molar-refractivity contribution in [3.05, 3.63) is 35.8 Å². The Morgan fingerprint density at radius 3 is 2.42 bits per heavy atom. The molecular formula is C13H12F3N5O3. The summed E-state index contributed by atoms with van der Waals surface area (Å²) in [6.07, 6.45) is -2.76. The van der Waals surface area contributed by atoms with E-state index in [0.717, 1.165) is 23.0 Å². The normalized spacial score (nSPS) is 12.0. The largest absolute Gasteiger partial charge is 0.480 e. The number of alkyl halides is 3. The van der Waals surface area contributed by atoms with E-state index >= 15 is 0 Å². The smallest absolute Gasteiger partial charge is 0.417 e. The Bertz CT molecular complexity index is 768. The van der Waals surface area contributed by atoms with E-state index in [4.69, 9.17) is 5.11 Å². The van der Waals surface area contributed by atoms with Gasteiger partial charge in [0.05, 0.1) is 11.8 Å². The Hall–Kier alpha value is -2.98. The van der Waals surface area contributed by atoms with Crippen LogP contribution >= 0.6 is 0 Å². The van der Waals surface area contributed by atoms with Crippen LogP contribution in [0.2, 0.25) is 0 Å². The summed E-state index contributed by atoms with van der Waals surface area (Å²) in [6, 6.07) is 1.89. The molecule has 0 aliphatic heterocycles. The number of nitrogens with zero attached hydrogens (tertiary/aromatic N) is 4. The predicted octanol–water partition coefficient (Wildman–Crippen LogP) is 1.27. The van der Waals surface area contributed by atoms with Crippen molar-refractivity contribution < 1.29 is 27.9 Å². The zero-order valence-corrected chi connectivity index (χ0v) is 12.5.